The predicted octanol–water partition coefficient (Wildman–Crippen LogP) is 1.80. The van der Waals surface area contributed by atoms with Crippen molar-refractivity contribution in [2.75, 3.05) is 26.4 Å². The van der Waals surface area contributed by atoms with Crippen LogP contribution in [0.4, 0.5) is 0 Å². The number of nitrogens with one attached hydrogen (secondary N) is 1. The van der Waals surface area contributed by atoms with Crippen LogP contribution >= 0.6 is 27.7 Å². The fraction of sp³-hybridized carbons (Fsp3) is 0.286. The summed E-state index contributed by atoms with van der Waals surface area (Å²) in [5.74, 6) is 0.0540. The fourth-order valence-electron chi connectivity index (χ4n) is 1.49. The monoisotopic (exact) mass is 398 g/mol. The van der Waals surface area contributed by atoms with Gasteiger partial charge in [0.1, 0.15) is 0 Å². The van der Waals surface area contributed by atoms with E-state index in [2.05, 4.69) is 31.4 Å². The highest BCUT2D eigenvalue weighted by molar-refractivity contribution is 9.10. The quantitative estimate of drug-likeness (QED) is 0.746. The molecular weight excluding hydrogens is 384 g/mol. The number of thioether (sulfide) groups is 1. The zero-order valence-corrected chi connectivity index (χ0v) is 15.0. The van der Waals surface area contributed by atoms with E-state index in [4.69, 9.17) is 4.42 Å². The molecule has 0 atom stereocenters. The number of hydrogen-bond acceptors (Lipinski definition) is 6. The van der Waals surface area contributed by atoms with Gasteiger partial charge < -0.3 is 14.6 Å². The van der Waals surface area contributed by atoms with Gasteiger partial charge in [-0.25, -0.2) is 0 Å². The summed E-state index contributed by atoms with van der Waals surface area (Å²) in [4.78, 5) is 24.4. The van der Waals surface area contributed by atoms with Crippen molar-refractivity contribution in [1.29, 1.82) is 0 Å². The molecule has 0 fully saturated rings. The predicted molar refractivity (Wildman–Crippen MR) is 89.9 cm³/mol. The molecule has 1 aromatic heterocycles. The van der Waals surface area contributed by atoms with E-state index in [0.29, 0.717) is 11.1 Å². The van der Waals surface area contributed by atoms with Crippen LogP contribution in [0.5, 0.6) is 0 Å². The topological polar surface area (TPSA) is 88.3 Å². The smallest absolute Gasteiger partial charge is 0.277 e. The zero-order valence-electron chi connectivity index (χ0n) is 12.6. The zero-order chi connectivity index (χ0) is 16.8. The highest BCUT2D eigenvalue weighted by Crippen LogP contribution is 2.24. The van der Waals surface area contributed by atoms with Gasteiger partial charge in [-0.3, -0.25) is 9.59 Å². The van der Waals surface area contributed by atoms with Crippen molar-refractivity contribution >= 4 is 39.5 Å². The standard InChI is InChI=1S/C14H15BrN4O3S/c1-19(2)12(21)7-16-11(20)8-23-14-18-17-13(22-14)9-3-5-10(15)6-4-9/h3-6H,7-8H2,1-2H3,(H,16,20). The molecule has 1 aromatic carbocycles. The van der Waals surface area contributed by atoms with Crippen molar-refractivity contribution in [3.63, 3.8) is 0 Å². The first-order chi connectivity index (χ1) is 11.0. The molecule has 0 spiro atoms. The third-order valence-electron chi connectivity index (χ3n) is 2.76. The maximum Gasteiger partial charge on any atom is 0.277 e. The number of carbonyl (C=O) groups excluding carboxylic acids is 2. The molecule has 2 rings (SSSR count). The molecule has 9 heteroatoms. The number of likely N-dealkylation sites (N-methyl/N-ethyl adjacent to an activating group) is 1. The van der Waals surface area contributed by atoms with Crippen LogP contribution in [0, 0.1) is 0 Å². The van der Waals surface area contributed by atoms with E-state index in [1.54, 1.807) is 14.1 Å². The van der Waals surface area contributed by atoms with Crippen molar-refractivity contribution in [3.05, 3.63) is 28.7 Å². The Bertz CT molecular complexity index is 688. The average molecular weight is 399 g/mol. The van der Waals surface area contributed by atoms with Crippen LogP contribution < -0.4 is 5.32 Å². The summed E-state index contributed by atoms with van der Waals surface area (Å²) >= 11 is 4.48. The number of rotatable bonds is 6. The maximum absolute atomic E-state index is 11.7. The molecule has 0 aliphatic carbocycles. The number of aromatic nitrogens is 2. The molecule has 122 valence electrons. The molecule has 7 nitrogen and oxygen atoms in total. The molecular formula is C14H15BrN4O3S. The lowest BCUT2D eigenvalue weighted by atomic mass is 10.2. The summed E-state index contributed by atoms with van der Waals surface area (Å²) < 4.78 is 6.45. The average Bonchev–Trinajstić information content (AvgIpc) is 3.00. The third-order valence-corrected chi connectivity index (χ3v) is 4.11. The first kappa shape index (κ1) is 17.5. The van der Waals surface area contributed by atoms with Crippen molar-refractivity contribution in [2.45, 2.75) is 5.22 Å². The van der Waals surface area contributed by atoms with Crippen molar-refractivity contribution in [3.8, 4) is 11.5 Å². The van der Waals surface area contributed by atoms with E-state index in [1.807, 2.05) is 24.3 Å². The molecule has 0 aliphatic rings. The van der Waals surface area contributed by atoms with Gasteiger partial charge in [-0.15, -0.1) is 10.2 Å². The summed E-state index contributed by atoms with van der Waals surface area (Å²) in [6, 6.07) is 7.46. The molecule has 0 aliphatic heterocycles. The number of hydrogen-bond donors (Lipinski definition) is 1. The van der Waals surface area contributed by atoms with Crippen molar-refractivity contribution < 1.29 is 14.0 Å². The lowest BCUT2D eigenvalue weighted by Gasteiger charge is -2.10. The molecule has 2 aromatic rings. The molecule has 1 N–H and O–H groups in total. The molecule has 1 heterocycles. The largest absolute Gasteiger partial charge is 0.411 e. The van der Waals surface area contributed by atoms with Crippen LogP contribution in [0.3, 0.4) is 0 Å². The van der Waals surface area contributed by atoms with Crippen molar-refractivity contribution in [1.82, 2.24) is 20.4 Å². The van der Waals surface area contributed by atoms with Crippen LogP contribution in [-0.2, 0) is 9.59 Å². The van der Waals surface area contributed by atoms with Gasteiger partial charge in [0.15, 0.2) is 0 Å². The van der Waals surface area contributed by atoms with Crippen LogP contribution in [0.15, 0.2) is 38.4 Å². The van der Waals surface area contributed by atoms with E-state index < -0.39 is 0 Å². The third kappa shape index (κ3) is 5.36. The van der Waals surface area contributed by atoms with Gasteiger partial charge in [0.25, 0.3) is 5.22 Å². The van der Waals surface area contributed by atoms with Crippen LogP contribution in [0.2, 0.25) is 0 Å². The summed E-state index contributed by atoms with van der Waals surface area (Å²) in [6.45, 7) is -0.0274. The minimum absolute atomic E-state index is 0.0274. The molecule has 2 amide bonds. The minimum atomic E-state index is -0.270. The summed E-state index contributed by atoms with van der Waals surface area (Å²) in [6.07, 6.45) is 0. The molecule has 0 unspecified atom stereocenters. The number of benzene rings is 1. The van der Waals surface area contributed by atoms with Gasteiger partial charge in [0, 0.05) is 24.1 Å². The second-order valence-corrected chi connectivity index (χ2v) is 6.58. The molecule has 0 saturated heterocycles. The van der Waals surface area contributed by atoms with E-state index >= 15 is 0 Å². The number of carbonyl (C=O) groups is 2. The highest BCUT2D eigenvalue weighted by Gasteiger charge is 2.12. The summed E-state index contributed by atoms with van der Waals surface area (Å²) in [5, 5.41) is 10.7. The van der Waals surface area contributed by atoms with E-state index in [1.165, 1.54) is 4.90 Å². The van der Waals surface area contributed by atoms with E-state index in [0.717, 1.165) is 21.8 Å². The number of halogens is 1. The Balaban J connectivity index is 1.84. The van der Waals surface area contributed by atoms with Crippen LogP contribution in [0.1, 0.15) is 0 Å². The molecule has 0 bridgehead atoms. The Labute approximate surface area is 146 Å². The maximum atomic E-state index is 11.7. The Morgan fingerprint density at radius 3 is 2.61 bits per heavy atom. The molecule has 0 radical (unpaired) electrons. The van der Waals surface area contributed by atoms with Gasteiger partial charge in [0.05, 0.1) is 12.3 Å². The Hall–Kier alpha value is -1.87. The first-order valence-electron chi connectivity index (χ1n) is 6.65. The lowest BCUT2D eigenvalue weighted by Crippen LogP contribution is -2.36. The minimum Gasteiger partial charge on any atom is -0.411 e. The van der Waals surface area contributed by atoms with Gasteiger partial charge in [-0.1, -0.05) is 27.7 Å². The summed E-state index contributed by atoms with van der Waals surface area (Å²) in [5.41, 5.74) is 0.800. The van der Waals surface area contributed by atoms with Gasteiger partial charge >= 0.3 is 0 Å². The Morgan fingerprint density at radius 1 is 1.26 bits per heavy atom. The Kier molecular flexibility index (Phi) is 6.17. The van der Waals surface area contributed by atoms with Gasteiger partial charge in [0.2, 0.25) is 17.7 Å². The Morgan fingerprint density at radius 2 is 1.96 bits per heavy atom. The molecule has 23 heavy (non-hydrogen) atoms. The number of amides is 2. The van der Waals surface area contributed by atoms with E-state index in [-0.39, 0.29) is 24.1 Å². The molecule has 0 saturated carbocycles. The normalized spacial score (nSPS) is 10.4. The van der Waals surface area contributed by atoms with Gasteiger partial charge in [-0.2, -0.15) is 0 Å². The highest BCUT2D eigenvalue weighted by atomic mass is 79.9. The van der Waals surface area contributed by atoms with E-state index in [9.17, 15) is 9.59 Å². The van der Waals surface area contributed by atoms with Gasteiger partial charge in [-0.05, 0) is 24.3 Å². The SMILES string of the molecule is CN(C)C(=O)CNC(=O)CSc1nnc(-c2ccc(Br)cc2)o1. The second-order valence-electron chi connectivity index (χ2n) is 4.73. The number of nitrogens with zero attached hydrogens (tertiary/aromatic N) is 3. The van der Waals surface area contributed by atoms with Crippen LogP contribution in [-0.4, -0.2) is 53.3 Å². The van der Waals surface area contributed by atoms with Crippen molar-refractivity contribution in [2.24, 2.45) is 0 Å². The van der Waals surface area contributed by atoms with Crippen LogP contribution in [0.25, 0.3) is 11.5 Å². The summed E-state index contributed by atoms with van der Waals surface area (Å²) in [7, 11) is 3.26. The second kappa shape index (κ2) is 8.11. The lowest BCUT2D eigenvalue weighted by molar-refractivity contribution is -0.130. The fourth-order valence-corrected chi connectivity index (χ4v) is 2.35. The first-order valence-corrected chi connectivity index (χ1v) is 8.42.